The Morgan fingerprint density at radius 1 is 1.44 bits per heavy atom. The number of hydrogen-bond donors (Lipinski definition) is 1. The lowest BCUT2D eigenvalue weighted by Crippen LogP contribution is -2.36. The highest BCUT2D eigenvalue weighted by atomic mass is 16.2. The number of carbonyl (C=O) groups is 2. The molecule has 0 radical (unpaired) electrons. The number of hydrogen-bond acceptors (Lipinski definition) is 2. The van der Waals surface area contributed by atoms with E-state index in [2.05, 4.69) is 5.32 Å². The first-order chi connectivity index (χ1) is 8.54. The van der Waals surface area contributed by atoms with Gasteiger partial charge in [0.05, 0.1) is 0 Å². The molecule has 2 rings (SSSR count). The van der Waals surface area contributed by atoms with E-state index in [-0.39, 0.29) is 11.8 Å². The minimum Gasteiger partial charge on any atom is -0.341 e. The maximum Gasteiger partial charge on any atom is 0.254 e. The first-order valence-electron chi connectivity index (χ1n) is 6.23. The lowest BCUT2D eigenvalue weighted by molar-refractivity contribution is -0.126. The summed E-state index contributed by atoms with van der Waals surface area (Å²) in [5, 5.41) is 2.73. The average molecular weight is 246 g/mol. The quantitative estimate of drug-likeness (QED) is 0.886. The standard InChI is InChI=1S/C14H18N2O2/c1-4-7-16-12-6-5-9(2)8-11(12)13(14(16)18)15-10(3)17/h5-6,8,13H,4,7H2,1-3H3,(H,15,17)/t13-/m0/s1. The molecule has 0 fully saturated rings. The normalized spacial score (nSPS) is 17.8. The molecule has 18 heavy (non-hydrogen) atoms. The van der Waals surface area contributed by atoms with Gasteiger partial charge < -0.3 is 10.2 Å². The maximum atomic E-state index is 12.3. The molecule has 96 valence electrons. The third-order valence-electron chi connectivity index (χ3n) is 3.09. The Morgan fingerprint density at radius 3 is 2.78 bits per heavy atom. The fourth-order valence-electron chi connectivity index (χ4n) is 2.36. The van der Waals surface area contributed by atoms with Crippen molar-refractivity contribution in [2.24, 2.45) is 0 Å². The van der Waals surface area contributed by atoms with Crippen molar-refractivity contribution in [1.29, 1.82) is 0 Å². The highest BCUT2D eigenvalue weighted by molar-refractivity contribution is 6.06. The van der Waals surface area contributed by atoms with E-state index >= 15 is 0 Å². The van der Waals surface area contributed by atoms with E-state index in [0.717, 1.165) is 23.2 Å². The topological polar surface area (TPSA) is 49.4 Å². The van der Waals surface area contributed by atoms with Crippen molar-refractivity contribution >= 4 is 17.5 Å². The average Bonchev–Trinajstić information content (AvgIpc) is 2.54. The summed E-state index contributed by atoms with van der Waals surface area (Å²) < 4.78 is 0. The van der Waals surface area contributed by atoms with Crippen molar-refractivity contribution in [3.63, 3.8) is 0 Å². The Bertz CT molecular complexity index is 497. The van der Waals surface area contributed by atoms with Gasteiger partial charge in [-0.15, -0.1) is 0 Å². The number of benzene rings is 1. The van der Waals surface area contributed by atoms with Gasteiger partial charge in [-0.2, -0.15) is 0 Å². The van der Waals surface area contributed by atoms with Crippen LogP contribution in [0.25, 0.3) is 0 Å². The first-order valence-corrected chi connectivity index (χ1v) is 6.23. The molecular formula is C14H18N2O2. The van der Waals surface area contributed by atoms with Crippen LogP contribution in [0, 0.1) is 6.92 Å². The van der Waals surface area contributed by atoms with Gasteiger partial charge in [0.25, 0.3) is 5.91 Å². The molecule has 4 heteroatoms. The smallest absolute Gasteiger partial charge is 0.254 e. The number of aryl methyl sites for hydroxylation is 1. The van der Waals surface area contributed by atoms with Crippen LogP contribution in [0.5, 0.6) is 0 Å². The first kappa shape index (κ1) is 12.6. The van der Waals surface area contributed by atoms with E-state index in [9.17, 15) is 9.59 Å². The Hall–Kier alpha value is -1.84. The third-order valence-corrected chi connectivity index (χ3v) is 3.09. The third kappa shape index (κ3) is 2.10. The number of fused-ring (bicyclic) bond motifs is 1. The van der Waals surface area contributed by atoms with Gasteiger partial charge in [-0.05, 0) is 19.4 Å². The molecule has 1 aliphatic heterocycles. The highest BCUT2D eigenvalue weighted by Crippen LogP contribution is 2.36. The molecule has 0 saturated carbocycles. The number of nitrogens with zero attached hydrogens (tertiary/aromatic N) is 1. The van der Waals surface area contributed by atoms with Gasteiger partial charge >= 0.3 is 0 Å². The molecule has 0 aromatic heterocycles. The predicted octanol–water partition coefficient (Wildman–Crippen LogP) is 1.93. The Balaban J connectivity index is 2.43. The fraction of sp³-hybridized carbons (Fsp3) is 0.429. The van der Waals surface area contributed by atoms with Gasteiger partial charge in [0.15, 0.2) is 0 Å². The number of carbonyl (C=O) groups excluding carboxylic acids is 2. The summed E-state index contributed by atoms with van der Waals surface area (Å²) in [6.45, 7) is 6.14. The van der Waals surface area contributed by atoms with Crippen LogP contribution in [0.1, 0.15) is 37.4 Å². The van der Waals surface area contributed by atoms with Crippen molar-refractivity contribution < 1.29 is 9.59 Å². The second kappa shape index (κ2) is 4.80. The summed E-state index contributed by atoms with van der Waals surface area (Å²) in [5.74, 6) is -0.216. The van der Waals surface area contributed by atoms with E-state index < -0.39 is 6.04 Å². The zero-order chi connectivity index (χ0) is 13.3. The summed E-state index contributed by atoms with van der Waals surface area (Å²) in [4.78, 5) is 25.3. The van der Waals surface area contributed by atoms with E-state index in [1.54, 1.807) is 4.90 Å². The molecule has 1 N–H and O–H groups in total. The number of nitrogens with one attached hydrogen (secondary N) is 1. The van der Waals surface area contributed by atoms with Crippen molar-refractivity contribution in [3.8, 4) is 0 Å². The Kier molecular flexibility index (Phi) is 3.36. The van der Waals surface area contributed by atoms with E-state index in [4.69, 9.17) is 0 Å². The molecular weight excluding hydrogens is 228 g/mol. The van der Waals surface area contributed by atoms with Gasteiger partial charge in [-0.1, -0.05) is 24.6 Å². The van der Waals surface area contributed by atoms with Crippen molar-refractivity contribution in [3.05, 3.63) is 29.3 Å². The van der Waals surface area contributed by atoms with Crippen molar-refractivity contribution in [2.45, 2.75) is 33.2 Å². The molecule has 2 amide bonds. The lowest BCUT2D eigenvalue weighted by atomic mass is 10.1. The number of anilines is 1. The molecule has 1 aromatic rings. The van der Waals surface area contributed by atoms with Gasteiger partial charge in [0.2, 0.25) is 5.91 Å². The molecule has 4 nitrogen and oxygen atoms in total. The second-order valence-corrected chi connectivity index (χ2v) is 4.69. The molecule has 0 saturated heterocycles. The summed E-state index contributed by atoms with van der Waals surface area (Å²) in [7, 11) is 0. The molecule has 1 aliphatic rings. The van der Waals surface area contributed by atoms with Gasteiger partial charge in [-0.3, -0.25) is 9.59 Å². The summed E-state index contributed by atoms with van der Waals surface area (Å²) >= 11 is 0. The molecule has 0 bridgehead atoms. The Labute approximate surface area is 107 Å². The predicted molar refractivity (Wildman–Crippen MR) is 70.4 cm³/mol. The SMILES string of the molecule is CCCN1C(=O)[C@@H](NC(C)=O)c2cc(C)ccc21. The van der Waals surface area contributed by atoms with Crippen LogP contribution < -0.4 is 10.2 Å². The minimum absolute atomic E-state index is 0.0346. The molecule has 1 heterocycles. The summed E-state index contributed by atoms with van der Waals surface area (Å²) in [5.41, 5.74) is 2.92. The van der Waals surface area contributed by atoms with Crippen LogP contribution in [0.2, 0.25) is 0 Å². The van der Waals surface area contributed by atoms with Crippen LogP contribution in [0.3, 0.4) is 0 Å². The van der Waals surface area contributed by atoms with Gasteiger partial charge in [0.1, 0.15) is 6.04 Å². The lowest BCUT2D eigenvalue weighted by Gasteiger charge is -2.16. The zero-order valence-electron chi connectivity index (χ0n) is 11.0. The van der Waals surface area contributed by atoms with Crippen molar-refractivity contribution in [2.75, 3.05) is 11.4 Å². The van der Waals surface area contributed by atoms with Crippen LogP contribution in [0.4, 0.5) is 5.69 Å². The molecule has 0 aliphatic carbocycles. The maximum absolute atomic E-state index is 12.3. The molecule has 1 atom stereocenters. The largest absolute Gasteiger partial charge is 0.341 e. The monoisotopic (exact) mass is 246 g/mol. The van der Waals surface area contributed by atoms with Crippen LogP contribution in [-0.4, -0.2) is 18.4 Å². The van der Waals surface area contributed by atoms with E-state index in [1.165, 1.54) is 6.92 Å². The van der Waals surface area contributed by atoms with Crippen LogP contribution >= 0.6 is 0 Å². The number of rotatable bonds is 3. The molecule has 0 spiro atoms. The Morgan fingerprint density at radius 2 is 2.17 bits per heavy atom. The highest BCUT2D eigenvalue weighted by Gasteiger charge is 2.37. The summed E-state index contributed by atoms with van der Waals surface area (Å²) in [6, 6.07) is 5.40. The van der Waals surface area contributed by atoms with Gasteiger partial charge in [0, 0.05) is 24.7 Å². The van der Waals surface area contributed by atoms with E-state index in [1.807, 2.05) is 32.0 Å². The zero-order valence-corrected chi connectivity index (χ0v) is 11.0. The van der Waals surface area contributed by atoms with Crippen LogP contribution in [-0.2, 0) is 9.59 Å². The summed E-state index contributed by atoms with van der Waals surface area (Å²) in [6.07, 6.45) is 0.895. The van der Waals surface area contributed by atoms with Crippen LogP contribution in [0.15, 0.2) is 18.2 Å². The molecule has 0 unspecified atom stereocenters. The van der Waals surface area contributed by atoms with E-state index in [0.29, 0.717) is 6.54 Å². The fourth-order valence-corrected chi connectivity index (χ4v) is 2.36. The van der Waals surface area contributed by atoms with Crippen molar-refractivity contribution in [1.82, 2.24) is 5.32 Å². The number of amides is 2. The second-order valence-electron chi connectivity index (χ2n) is 4.69. The molecule has 1 aromatic carbocycles. The van der Waals surface area contributed by atoms with Gasteiger partial charge in [-0.25, -0.2) is 0 Å². The minimum atomic E-state index is -0.524.